The Kier molecular flexibility index (Phi) is 4.92. The van der Waals surface area contributed by atoms with Crippen LogP contribution in [0.4, 0.5) is 0 Å². The van der Waals surface area contributed by atoms with Gasteiger partial charge in [0.05, 0.1) is 22.9 Å². The second-order valence-corrected chi connectivity index (χ2v) is 6.97. The number of rotatable bonds is 5. The van der Waals surface area contributed by atoms with Crippen molar-refractivity contribution in [3.63, 3.8) is 0 Å². The molecule has 23 heavy (non-hydrogen) atoms. The van der Waals surface area contributed by atoms with E-state index in [9.17, 15) is 4.79 Å². The van der Waals surface area contributed by atoms with E-state index >= 15 is 0 Å². The Balaban J connectivity index is 1.81. The fourth-order valence-electron chi connectivity index (χ4n) is 2.64. The second kappa shape index (κ2) is 6.93. The van der Waals surface area contributed by atoms with Crippen LogP contribution in [0, 0.1) is 12.8 Å². The zero-order valence-electron chi connectivity index (χ0n) is 13.3. The monoisotopic (exact) mass is 377 g/mol. The summed E-state index contributed by atoms with van der Waals surface area (Å²) in [7, 11) is 0. The molecule has 0 bridgehead atoms. The lowest BCUT2D eigenvalue weighted by atomic mass is 9.82. The molecule has 3 rings (SSSR count). The van der Waals surface area contributed by atoms with Crippen LogP contribution in [0.2, 0.25) is 0 Å². The molecule has 0 aliphatic heterocycles. The van der Waals surface area contributed by atoms with E-state index in [1.165, 1.54) is 23.8 Å². The Labute approximate surface area is 143 Å². The minimum absolute atomic E-state index is 0.154. The van der Waals surface area contributed by atoms with E-state index < -0.39 is 0 Å². The highest BCUT2D eigenvalue weighted by molar-refractivity contribution is 9.10. The van der Waals surface area contributed by atoms with Crippen LogP contribution < -0.4 is 5.56 Å². The van der Waals surface area contributed by atoms with Gasteiger partial charge in [0.1, 0.15) is 0 Å². The van der Waals surface area contributed by atoms with E-state index in [-0.39, 0.29) is 11.7 Å². The van der Waals surface area contributed by atoms with Gasteiger partial charge in [-0.05, 0) is 72.3 Å². The Morgan fingerprint density at radius 1 is 1.39 bits per heavy atom. The zero-order chi connectivity index (χ0) is 16.4. The Morgan fingerprint density at radius 3 is 2.78 bits per heavy atom. The van der Waals surface area contributed by atoms with E-state index in [2.05, 4.69) is 33.1 Å². The molecule has 5 nitrogen and oxygen atoms in total. The number of nitrogens with zero attached hydrogens (tertiary/aromatic N) is 3. The van der Waals surface area contributed by atoms with Crippen LogP contribution in [0.3, 0.4) is 0 Å². The van der Waals surface area contributed by atoms with Crippen LogP contribution >= 0.6 is 15.9 Å². The highest BCUT2D eigenvalue weighted by Crippen LogP contribution is 2.31. The number of hydrogen-bond acceptors (Lipinski definition) is 4. The van der Waals surface area contributed by atoms with E-state index in [4.69, 9.17) is 4.74 Å². The summed E-state index contributed by atoms with van der Waals surface area (Å²) >= 11 is 3.33. The lowest BCUT2D eigenvalue weighted by Crippen LogP contribution is -2.27. The Morgan fingerprint density at radius 2 is 2.17 bits per heavy atom. The molecule has 1 aliphatic carbocycles. The standard InChI is InChI=1S/C17H20BrN3O2/c1-11-6-7-16(20-19-11)21-9-13(8-15(18)17(21)22)10-23-12(2)14-4-3-5-14/h6-9,12,14H,3-5,10H2,1-2H3. The van der Waals surface area contributed by atoms with Crippen molar-refractivity contribution in [1.82, 2.24) is 14.8 Å². The largest absolute Gasteiger partial charge is 0.373 e. The van der Waals surface area contributed by atoms with Gasteiger partial charge in [-0.3, -0.25) is 9.36 Å². The summed E-state index contributed by atoms with van der Waals surface area (Å²) in [5.41, 5.74) is 1.60. The van der Waals surface area contributed by atoms with Gasteiger partial charge in [0.2, 0.25) is 0 Å². The molecule has 0 spiro atoms. The average Bonchev–Trinajstić information content (AvgIpc) is 2.47. The maximum absolute atomic E-state index is 12.3. The maximum Gasteiger partial charge on any atom is 0.270 e. The van der Waals surface area contributed by atoms with Crippen molar-refractivity contribution in [2.45, 2.75) is 45.8 Å². The van der Waals surface area contributed by atoms with Crippen molar-refractivity contribution < 1.29 is 4.74 Å². The van der Waals surface area contributed by atoms with Crippen LogP contribution in [0.25, 0.3) is 5.82 Å². The molecule has 2 aromatic heterocycles. The molecular formula is C17H20BrN3O2. The summed E-state index contributed by atoms with van der Waals surface area (Å²) < 4.78 is 7.97. The molecule has 6 heteroatoms. The topological polar surface area (TPSA) is 57.0 Å². The molecule has 0 saturated heterocycles. The van der Waals surface area contributed by atoms with Crippen LogP contribution in [0.15, 0.2) is 33.7 Å². The molecule has 0 amide bonds. The van der Waals surface area contributed by atoms with E-state index in [1.807, 2.05) is 19.1 Å². The molecular weight excluding hydrogens is 358 g/mol. The first kappa shape index (κ1) is 16.3. The normalized spacial score (nSPS) is 16.1. The average molecular weight is 378 g/mol. The van der Waals surface area contributed by atoms with Gasteiger partial charge in [-0.2, -0.15) is 5.10 Å². The van der Waals surface area contributed by atoms with Crippen molar-refractivity contribution in [2.75, 3.05) is 0 Å². The molecule has 2 heterocycles. The third kappa shape index (κ3) is 3.70. The first-order valence-corrected chi connectivity index (χ1v) is 8.67. The molecule has 1 fully saturated rings. The number of pyridine rings is 1. The van der Waals surface area contributed by atoms with E-state index in [0.717, 1.165) is 11.3 Å². The lowest BCUT2D eigenvalue weighted by molar-refractivity contribution is -0.0117. The number of ether oxygens (including phenoxy) is 1. The molecule has 0 radical (unpaired) electrons. The summed E-state index contributed by atoms with van der Waals surface area (Å²) in [5, 5.41) is 8.10. The van der Waals surface area contributed by atoms with Crippen molar-refractivity contribution >= 4 is 15.9 Å². The second-order valence-electron chi connectivity index (χ2n) is 6.11. The van der Waals surface area contributed by atoms with Crippen LogP contribution in [-0.4, -0.2) is 20.9 Å². The molecule has 1 saturated carbocycles. The predicted molar refractivity (Wildman–Crippen MR) is 91.7 cm³/mol. The number of hydrogen-bond donors (Lipinski definition) is 0. The number of aromatic nitrogens is 3. The number of aryl methyl sites for hydroxylation is 1. The van der Waals surface area contributed by atoms with Gasteiger partial charge in [0.15, 0.2) is 5.82 Å². The van der Waals surface area contributed by atoms with Crippen molar-refractivity contribution in [3.8, 4) is 5.82 Å². The van der Waals surface area contributed by atoms with Gasteiger partial charge in [-0.25, -0.2) is 0 Å². The molecule has 2 aromatic rings. The van der Waals surface area contributed by atoms with Crippen LogP contribution in [-0.2, 0) is 11.3 Å². The van der Waals surface area contributed by atoms with Crippen molar-refractivity contribution in [2.24, 2.45) is 5.92 Å². The minimum Gasteiger partial charge on any atom is -0.373 e. The first-order chi connectivity index (χ1) is 11.0. The summed E-state index contributed by atoms with van der Waals surface area (Å²) in [6.45, 7) is 4.47. The zero-order valence-corrected chi connectivity index (χ0v) is 14.9. The summed E-state index contributed by atoms with van der Waals surface area (Å²) in [5.74, 6) is 1.18. The lowest BCUT2D eigenvalue weighted by Gasteiger charge is -2.31. The van der Waals surface area contributed by atoms with Crippen molar-refractivity contribution in [3.05, 3.63) is 50.5 Å². The summed E-state index contributed by atoms with van der Waals surface area (Å²) in [6, 6.07) is 5.44. The summed E-state index contributed by atoms with van der Waals surface area (Å²) in [4.78, 5) is 12.3. The third-order valence-corrected chi connectivity index (χ3v) is 4.96. The van der Waals surface area contributed by atoms with Gasteiger partial charge in [0, 0.05) is 6.20 Å². The third-order valence-electron chi connectivity index (χ3n) is 4.39. The van der Waals surface area contributed by atoms with E-state index in [0.29, 0.717) is 22.8 Å². The van der Waals surface area contributed by atoms with Crippen molar-refractivity contribution in [1.29, 1.82) is 0 Å². The molecule has 1 unspecified atom stereocenters. The SMILES string of the molecule is Cc1ccc(-n2cc(COC(C)C3CCC3)cc(Br)c2=O)nn1. The smallest absolute Gasteiger partial charge is 0.270 e. The molecule has 122 valence electrons. The van der Waals surface area contributed by atoms with Gasteiger partial charge >= 0.3 is 0 Å². The van der Waals surface area contributed by atoms with Gasteiger partial charge in [0.25, 0.3) is 5.56 Å². The van der Waals surface area contributed by atoms with Gasteiger partial charge in [-0.15, -0.1) is 5.10 Å². The quantitative estimate of drug-likeness (QED) is 0.800. The fourth-order valence-corrected chi connectivity index (χ4v) is 3.13. The number of halogens is 1. The Hall–Kier alpha value is -1.53. The Bertz CT molecular complexity index is 738. The highest BCUT2D eigenvalue weighted by atomic mass is 79.9. The maximum atomic E-state index is 12.3. The highest BCUT2D eigenvalue weighted by Gasteiger charge is 2.24. The summed E-state index contributed by atoms with van der Waals surface area (Å²) in [6.07, 6.45) is 5.84. The molecule has 1 atom stereocenters. The van der Waals surface area contributed by atoms with Crippen LogP contribution in [0.5, 0.6) is 0 Å². The molecule has 0 aromatic carbocycles. The molecule has 0 N–H and O–H groups in total. The van der Waals surface area contributed by atoms with Crippen LogP contribution in [0.1, 0.15) is 37.4 Å². The minimum atomic E-state index is -0.154. The van der Waals surface area contributed by atoms with Gasteiger partial charge in [-0.1, -0.05) is 6.42 Å². The van der Waals surface area contributed by atoms with E-state index in [1.54, 1.807) is 12.3 Å². The first-order valence-electron chi connectivity index (χ1n) is 7.88. The predicted octanol–water partition coefficient (Wildman–Crippen LogP) is 3.40. The fraction of sp³-hybridized carbons (Fsp3) is 0.471. The molecule has 1 aliphatic rings. The van der Waals surface area contributed by atoms with Gasteiger partial charge < -0.3 is 4.74 Å².